The molecule has 2 amide bonds. The summed E-state index contributed by atoms with van der Waals surface area (Å²) in [6.45, 7) is 6.40. The molecule has 0 radical (unpaired) electrons. The van der Waals surface area contributed by atoms with E-state index in [0.29, 0.717) is 31.0 Å². The summed E-state index contributed by atoms with van der Waals surface area (Å²) in [5.74, 6) is -0.0629. The predicted octanol–water partition coefficient (Wildman–Crippen LogP) is 2.61. The highest BCUT2D eigenvalue weighted by Gasteiger charge is 2.52. The third-order valence-electron chi connectivity index (χ3n) is 6.32. The van der Waals surface area contributed by atoms with Crippen molar-refractivity contribution in [2.75, 3.05) is 26.0 Å². The average molecular weight is 482 g/mol. The van der Waals surface area contributed by atoms with Crippen molar-refractivity contribution in [3.63, 3.8) is 0 Å². The van der Waals surface area contributed by atoms with E-state index in [1.165, 1.54) is 31.0 Å². The normalized spacial score (nSPS) is 22.4. The number of ether oxygens (including phenoxy) is 1. The first-order chi connectivity index (χ1) is 15.3. The van der Waals surface area contributed by atoms with Crippen LogP contribution in [0.5, 0.6) is 0 Å². The Morgan fingerprint density at radius 1 is 1.27 bits per heavy atom. The van der Waals surface area contributed by atoms with Crippen LogP contribution in [0.25, 0.3) is 0 Å². The Kier molecular flexibility index (Phi) is 6.88. The molecule has 1 fully saturated rings. The van der Waals surface area contributed by atoms with Gasteiger partial charge in [-0.25, -0.2) is 18.2 Å². The number of hydrogen-bond acceptors (Lipinski definition) is 7. The molecule has 11 heteroatoms. The number of nitrogens with zero attached hydrogens (tertiary/aromatic N) is 3. The number of carbonyl (C=O) groups excluding carboxylic acids is 1. The summed E-state index contributed by atoms with van der Waals surface area (Å²) in [6.07, 6.45) is 1.18. The SMILES string of the molecule is CC1(CC(C)(C)N(O)C(=O)O)C(=O)N(CC2CCOCC2)N=C1c1ccc(S(C)(=O)=O)cc1. The Labute approximate surface area is 193 Å². The number of carboxylic acid groups (broad SMARTS) is 1. The van der Waals surface area contributed by atoms with Crippen LogP contribution in [-0.4, -0.2) is 78.1 Å². The zero-order valence-electron chi connectivity index (χ0n) is 19.3. The summed E-state index contributed by atoms with van der Waals surface area (Å²) >= 11 is 0. The second-order valence-electron chi connectivity index (χ2n) is 9.60. The van der Waals surface area contributed by atoms with Gasteiger partial charge in [0.05, 0.1) is 21.6 Å². The number of carbonyl (C=O) groups is 2. The van der Waals surface area contributed by atoms with Gasteiger partial charge >= 0.3 is 6.09 Å². The van der Waals surface area contributed by atoms with Crippen LogP contribution in [0.2, 0.25) is 0 Å². The van der Waals surface area contributed by atoms with E-state index in [-0.39, 0.29) is 28.2 Å². The van der Waals surface area contributed by atoms with Gasteiger partial charge in [0.1, 0.15) is 0 Å². The van der Waals surface area contributed by atoms with Gasteiger partial charge in [-0.2, -0.15) is 10.2 Å². The maximum absolute atomic E-state index is 13.6. The van der Waals surface area contributed by atoms with E-state index in [2.05, 4.69) is 5.10 Å². The molecule has 2 aliphatic rings. The van der Waals surface area contributed by atoms with Gasteiger partial charge in [0, 0.05) is 26.0 Å². The molecule has 182 valence electrons. The fourth-order valence-corrected chi connectivity index (χ4v) is 5.19. The second kappa shape index (κ2) is 9.03. The van der Waals surface area contributed by atoms with Gasteiger partial charge in [0.25, 0.3) is 5.91 Å². The Balaban J connectivity index is 2.00. The molecule has 3 rings (SSSR count). The van der Waals surface area contributed by atoms with Gasteiger partial charge in [-0.3, -0.25) is 10.0 Å². The van der Waals surface area contributed by atoms with Gasteiger partial charge < -0.3 is 9.84 Å². The van der Waals surface area contributed by atoms with Crippen LogP contribution >= 0.6 is 0 Å². The predicted molar refractivity (Wildman–Crippen MR) is 120 cm³/mol. The van der Waals surface area contributed by atoms with Crippen LogP contribution < -0.4 is 0 Å². The molecule has 10 nitrogen and oxygen atoms in total. The number of hydrogen-bond donors (Lipinski definition) is 2. The first kappa shape index (κ1) is 25.1. The van der Waals surface area contributed by atoms with Gasteiger partial charge in [-0.05, 0) is 63.6 Å². The van der Waals surface area contributed by atoms with E-state index in [1.54, 1.807) is 19.1 Å². The van der Waals surface area contributed by atoms with Gasteiger partial charge in [-0.1, -0.05) is 12.1 Å². The van der Waals surface area contributed by atoms with Crippen molar-refractivity contribution in [3.05, 3.63) is 29.8 Å². The zero-order chi connectivity index (χ0) is 24.6. The van der Waals surface area contributed by atoms with Crippen LogP contribution in [0.3, 0.4) is 0 Å². The van der Waals surface area contributed by atoms with Crippen molar-refractivity contribution < 1.29 is 33.1 Å². The summed E-state index contributed by atoms with van der Waals surface area (Å²) in [5, 5.41) is 25.7. The summed E-state index contributed by atoms with van der Waals surface area (Å²) in [5.41, 5.74) is -1.56. The van der Waals surface area contributed by atoms with Crippen molar-refractivity contribution in [3.8, 4) is 0 Å². The van der Waals surface area contributed by atoms with Crippen LogP contribution in [0.4, 0.5) is 4.79 Å². The van der Waals surface area contributed by atoms with Crippen molar-refractivity contribution in [1.82, 2.24) is 10.1 Å². The summed E-state index contributed by atoms with van der Waals surface area (Å²) < 4.78 is 29.1. The Morgan fingerprint density at radius 2 is 1.85 bits per heavy atom. The summed E-state index contributed by atoms with van der Waals surface area (Å²) in [7, 11) is -3.40. The highest BCUT2D eigenvalue weighted by Crippen LogP contribution is 2.41. The first-order valence-electron chi connectivity index (χ1n) is 10.8. The van der Waals surface area contributed by atoms with Crippen LogP contribution in [-0.2, 0) is 19.4 Å². The molecule has 0 aromatic heterocycles. The molecular formula is C22H31N3O7S. The molecular weight excluding hydrogens is 450 g/mol. The van der Waals surface area contributed by atoms with E-state index in [1.807, 2.05) is 0 Å². The first-order valence-corrected chi connectivity index (χ1v) is 12.7. The minimum Gasteiger partial charge on any atom is -0.463 e. The number of benzene rings is 1. The maximum Gasteiger partial charge on any atom is 0.431 e. The molecule has 2 N–H and O–H groups in total. The molecule has 2 aliphatic heterocycles. The van der Waals surface area contributed by atoms with E-state index >= 15 is 0 Å². The van der Waals surface area contributed by atoms with E-state index in [4.69, 9.17) is 4.74 Å². The van der Waals surface area contributed by atoms with Gasteiger partial charge in [-0.15, -0.1) is 0 Å². The molecule has 0 saturated carbocycles. The molecule has 33 heavy (non-hydrogen) atoms. The van der Waals surface area contributed by atoms with Crippen molar-refractivity contribution >= 4 is 27.5 Å². The maximum atomic E-state index is 13.6. The molecule has 1 aromatic rings. The summed E-state index contributed by atoms with van der Waals surface area (Å²) in [6, 6.07) is 6.11. The van der Waals surface area contributed by atoms with Crippen LogP contribution in [0.15, 0.2) is 34.3 Å². The Morgan fingerprint density at radius 3 is 2.36 bits per heavy atom. The number of hydrazone groups is 1. The van der Waals surface area contributed by atoms with Gasteiger partial charge in [0.15, 0.2) is 9.84 Å². The molecule has 1 atom stereocenters. The van der Waals surface area contributed by atoms with E-state index in [9.17, 15) is 28.3 Å². The van der Waals surface area contributed by atoms with Crippen molar-refractivity contribution in [2.45, 2.75) is 50.5 Å². The number of amides is 2. The lowest BCUT2D eigenvalue weighted by Crippen LogP contribution is -2.51. The van der Waals surface area contributed by atoms with Crippen molar-refractivity contribution in [1.29, 1.82) is 0 Å². The third kappa shape index (κ3) is 5.20. The van der Waals surface area contributed by atoms with E-state index in [0.717, 1.165) is 19.1 Å². The van der Waals surface area contributed by atoms with Gasteiger partial charge in [0.2, 0.25) is 0 Å². The lowest BCUT2D eigenvalue weighted by atomic mass is 9.72. The lowest BCUT2D eigenvalue weighted by Gasteiger charge is -2.37. The topological polar surface area (TPSA) is 137 Å². The zero-order valence-corrected chi connectivity index (χ0v) is 20.1. The fraction of sp³-hybridized carbons (Fsp3) is 0.591. The highest BCUT2D eigenvalue weighted by molar-refractivity contribution is 7.90. The van der Waals surface area contributed by atoms with Crippen LogP contribution in [0.1, 0.15) is 45.6 Å². The number of sulfone groups is 1. The van der Waals surface area contributed by atoms with Crippen molar-refractivity contribution in [2.24, 2.45) is 16.4 Å². The largest absolute Gasteiger partial charge is 0.463 e. The van der Waals surface area contributed by atoms with Crippen LogP contribution in [0, 0.1) is 11.3 Å². The minimum absolute atomic E-state index is 0.0292. The molecule has 1 saturated heterocycles. The molecule has 1 unspecified atom stereocenters. The second-order valence-corrected chi connectivity index (χ2v) is 11.6. The molecule has 2 heterocycles. The highest BCUT2D eigenvalue weighted by atomic mass is 32.2. The quantitative estimate of drug-likeness (QED) is 0.451. The smallest absolute Gasteiger partial charge is 0.431 e. The number of rotatable bonds is 7. The Hall–Kier alpha value is -2.50. The molecule has 0 aliphatic carbocycles. The minimum atomic E-state index is -3.40. The Bertz CT molecular complexity index is 1050. The third-order valence-corrected chi connectivity index (χ3v) is 7.45. The summed E-state index contributed by atoms with van der Waals surface area (Å²) in [4.78, 5) is 25.2. The molecule has 0 bridgehead atoms. The molecule has 1 aromatic carbocycles. The lowest BCUT2D eigenvalue weighted by molar-refractivity contribution is -0.150. The number of hydroxylamine groups is 2. The van der Waals surface area contributed by atoms with E-state index < -0.39 is 26.9 Å². The average Bonchev–Trinajstić information content (AvgIpc) is 2.97. The fourth-order valence-electron chi connectivity index (χ4n) is 4.55. The molecule has 0 spiro atoms. The standard InChI is InChI=1S/C22H31N3O7S/c1-21(2,25(29)20(27)28)14-22(3)18(16-5-7-17(8-6-16)33(4,30)31)23-24(19(22)26)13-15-9-11-32-12-10-15/h5-8,15,29H,9-14H2,1-4H3,(H,27,28). The monoisotopic (exact) mass is 481 g/mol.